The van der Waals surface area contributed by atoms with Gasteiger partial charge in [-0.15, -0.1) is 0 Å². The summed E-state index contributed by atoms with van der Waals surface area (Å²) in [5.74, 6) is -0.444. The first kappa shape index (κ1) is 25.2. The number of hydrogen-bond donors (Lipinski definition) is 1. The first-order chi connectivity index (χ1) is 13.3. The van der Waals surface area contributed by atoms with Gasteiger partial charge in [0.25, 0.3) is 0 Å². The van der Waals surface area contributed by atoms with Crippen molar-refractivity contribution in [1.29, 1.82) is 0 Å². The molecule has 3 nitrogen and oxygen atoms in total. The van der Waals surface area contributed by atoms with Crippen LogP contribution < -0.4 is 0 Å². The topological polar surface area (TPSA) is 46.5 Å². The monoisotopic (exact) mass is 430 g/mol. The molecule has 28 heavy (non-hydrogen) atoms. The third-order valence-corrected chi connectivity index (χ3v) is 12.5. The molecule has 0 aliphatic rings. The fraction of sp³-hybridized carbons (Fsp3) is 0.696. The van der Waals surface area contributed by atoms with E-state index in [2.05, 4.69) is 27.7 Å². The summed E-state index contributed by atoms with van der Waals surface area (Å²) in [6.45, 7) is 6.10. The molecular formula is C23H40ClO3P. The Morgan fingerprint density at radius 2 is 1.32 bits per heavy atom. The summed E-state index contributed by atoms with van der Waals surface area (Å²) in [6.07, 6.45) is 12.8. The summed E-state index contributed by atoms with van der Waals surface area (Å²) >= 11 is 6.09. The predicted octanol–water partition coefficient (Wildman–Crippen LogP) is 7.87. The van der Waals surface area contributed by atoms with Gasteiger partial charge in [-0.05, 0) is 0 Å². The van der Waals surface area contributed by atoms with Crippen molar-refractivity contribution in [2.75, 3.05) is 24.6 Å². The molecule has 0 atom stereocenters. The van der Waals surface area contributed by atoms with Crippen LogP contribution in [0.5, 0.6) is 5.75 Å². The molecular weight excluding hydrogens is 391 g/mol. The van der Waals surface area contributed by atoms with Crippen molar-refractivity contribution in [3.05, 3.63) is 28.8 Å². The molecule has 162 valence electrons. The van der Waals surface area contributed by atoms with E-state index in [1.165, 1.54) is 12.1 Å². The van der Waals surface area contributed by atoms with Crippen LogP contribution >= 0.6 is 18.4 Å². The molecule has 0 aliphatic heterocycles. The second-order valence-corrected chi connectivity index (χ2v) is 14.3. The average molecular weight is 431 g/mol. The fourth-order valence-electron chi connectivity index (χ4n) is 4.04. The van der Waals surface area contributed by atoms with Gasteiger partial charge >= 0.3 is 177 Å². The number of phenols is 1. The molecule has 0 amide bonds. The molecule has 1 N–H and O–H groups in total. The van der Waals surface area contributed by atoms with Gasteiger partial charge in [-0.2, -0.15) is 0 Å². The number of rotatable bonds is 14. The van der Waals surface area contributed by atoms with Crippen molar-refractivity contribution in [3.8, 4) is 5.75 Å². The maximum absolute atomic E-state index is 13.3. The number of unbranched alkanes of at least 4 members (excludes halogenated alkanes) is 4. The second kappa shape index (κ2) is 12.0. The van der Waals surface area contributed by atoms with E-state index in [9.17, 15) is 9.90 Å². The number of carbonyl (C=O) groups excluding carboxylic acids is 1. The molecule has 5 heteroatoms. The van der Waals surface area contributed by atoms with Crippen LogP contribution in [0.3, 0.4) is 0 Å². The van der Waals surface area contributed by atoms with Crippen molar-refractivity contribution >= 4 is 24.4 Å². The zero-order chi connectivity index (χ0) is 21.1. The fourth-order valence-corrected chi connectivity index (χ4v) is 11.0. The Morgan fingerprint density at radius 1 is 0.893 bits per heavy atom. The first-order valence-electron chi connectivity index (χ1n) is 11.1. The number of benzene rings is 1. The van der Waals surface area contributed by atoms with Crippen molar-refractivity contribution < 1.29 is 14.4 Å². The Labute approximate surface area is 177 Å². The molecule has 0 aromatic heterocycles. The minimum atomic E-state index is -2.72. The van der Waals surface area contributed by atoms with E-state index >= 15 is 0 Å². The second-order valence-electron chi connectivity index (χ2n) is 8.21. The molecule has 1 aromatic rings. The summed E-state index contributed by atoms with van der Waals surface area (Å²) in [6, 6.07) is 4.60. The minimum absolute atomic E-state index is 0.0528. The molecule has 0 saturated heterocycles. The van der Waals surface area contributed by atoms with Crippen LogP contribution in [-0.4, -0.2) is 35.7 Å². The van der Waals surface area contributed by atoms with Gasteiger partial charge in [0, 0.05) is 0 Å². The van der Waals surface area contributed by atoms with Crippen LogP contribution in [0.25, 0.3) is 0 Å². The van der Waals surface area contributed by atoms with Gasteiger partial charge < -0.3 is 0 Å². The van der Waals surface area contributed by atoms with E-state index in [4.69, 9.17) is 16.1 Å². The quantitative estimate of drug-likeness (QED) is 0.305. The number of carbonyl (C=O) groups is 1. The number of hydrogen-bond acceptors (Lipinski definition) is 3. The third kappa shape index (κ3) is 6.92. The maximum atomic E-state index is 13.3. The van der Waals surface area contributed by atoms with Crippen LogP contribution in [-0.2, 0) is 4.52 Å². The molecule has 0 fully saturated rings. The number of phenolic OH excluding ortho intramolecular Hbond substituents is 1. The number of halogens is 1. The van der Waals surface area contributed by atoms with Gasteiger partial charge in [0.15, 0.2) is 0 Å². The Bertz CT molecular complexity index is 574. The van der Waals surface area contributed by atoms with Gasteiger partial charge in [-0.25, -0.2) is 0 Å². The average Bonchev–Trinajstić information content (AvgIpc) is 2.70. The van der Waals surface area contributed by atoms with Crippen LogP contribution in [0.1, 0.15) is 89.4 Å². The summed E-state index contributed by atoms with van der Waals surface area (Å²) < 4.78 is 6.63. The molecule has 0 unspecified atom stereocenters. The van der Waals surface area contributed by atoms with Gasteiger partial charge in [0.2, 0.25) is 0 Å². The van der Waals surface area contributed by atoms with Crippen molar-refractivity contribution in [2.24, 2.45) is 0 Å². The van der Waals surface area contributed by atoms with E-state index in [1.54, 1.807) is 6.07 Å². The molecule has 0 saturated carbocycles. The van der Waals surface area contributed by atoms with Gasteiger partial charge in [0.1, 0.15) is 0 Å². The molecule has 1 aromatic carbocycles. The number of aromatic hydroxyl groups is 1. The molecule has 0 aliphatic carbocycles. The standard InChI is InChI=1S/C23H40ClO3P/c1-5-9-15-28(16-10-6-2,17-11-7-3,18-12-8-4)27-23(26)21-19-20(24)13-14-22(21)25/h13-14,19,25H,5-12,15-18H2,1-4H3. The first-order valence-corrected chi connectivity index (χ1v) is 14.4. The molecule has 1 rings (SSSR count). The molecule has 0 heterocycles. The summed E-state index contributed by atoms with van der Waals surface area (Å²) in [5, 5.41) is 10.7. The van der Waals surface area contributed by atoms with Crippen molar-refractivity contribution in [3.63, 3.8) is 0 Å². The van der Waals surface area contributed by atoms with Gasteiger partial charge in [-0.3, -0.25) is 0 Å². The predicted molar refractivity (Wildman–Crippen MR) is 125 cm³/mol. The van der Waals surface area contributed by atoms with Crippen molar-refractivity contribution in [2.45, 2.75) is 79.1 Å². The van der Waals surface area contributed by atoms with Crippen LogP contribution in [0, 0.1) is 0 Å². The van der Waals surface area contributed by atoms with Crippen LogP contribution in [0.4, 0.5) is 0 Å². The zero-order valence-electron chi connectivity index (χ0n) is 18.3. The van der Waals surface area contributed by atoms with Crippen LogP contribution in [0.15, 0.2) is 18.2 Å². The molecule has 0 bridgehead atoms. The van der Waals surface area contributed by atoms with Crippen molar-refractivity contribution in [1.82, 2.24) is 0 Å². The van der Waals surface area contributed by atoms with E-state index in [0.717, 1.165) is 76.0 Å². The van der Waals surface area contributed by atoms with E-state index < -0.39 is 12.8 Å². The summed E-state index contributed by atoms with van der Waals surface area (Å²) in [4.78, 5) is 13.3. The van der Waals surface area contributed by atoms with Crippen LogP contribution in [0.2, 0.25) is 5.02 Å². The zero-order valence-corrected chi connectivity index (χ0v) is 20.0. The van der Waals surface area contributed by atoms with Gasteiger partial charge in [-0.1, -0.05) is 0 Å². The molecule has 0 radical (unpaired) electrons. The summed E-state index contributed by atoms with van der Waals surface area (Å²) in [5.41, 5.74) is 0.197. The van der Waals surface area contributed by atoms with E-state index in [-0.39, 0.29) is 11.3 Å². The SMILES string of the molecule is CCCCP(CCCC)(CCCC)(CCCC)OC(=O)c1cc(Cl)ccc1O. The third-order valence-electron chi connectivity index (χ3n) is 5.83. The summed E-state index contributed by atoms with van der Waals surface area (Å²) in [7, 11) is 0. The molecule has 0 spiro atoms. The van der Waals surface area contributed by atoms with E-state index in [1.807, 2.05) is 0 Å². The van der Waals surface area contributed by atoms with E-state index in [0.29, 0.717) is 5.02 Å². The Hall–Kier alpha value is -0.790. The Balaban J connectivity index is 3.40. The Morgan fingerprint density at radius 3 is 1.71 bits per heavy atom. The normalized spacial score (nSPS) is 13.1. The Kier molecular flexibility index (Phi) is 10.8. The van der Waals surface area contributed by atoms with Gasteiger partial charge in [0.05, 0.1) is 0 Å².